The fraction of sp³-hybridized carbons (Fsp3) is 0.909. The molecule has 3 heteroatoms. The first-order valence-corrected chi connectivity index (χ1v) is 5.71. The maximum Gasteiger partial charge on any atom is 0.222 e. The quantitative estimate of drug-likeness (QED) is 0.724. The molecule has 0 aromatic heterocycles. The van der Waals surface area contributed by atoms with Gasteiger partial charge in [-0.25, -0.2) is 0 Å². The number of amides is 1. The van der Waals surface area contributed by atoms with E-state index in [1.54, 1.807) is 0 Å². The summed E-state index contributed by atoms with van der Waals surface area (Å²) in [5.41, 5.74) is 0. The Morgan fingerprint density at radius 1 is 1.57 bits per heavy atom. The molecule has 1 aliphatic heterocycles. The predicted octanol–water partition coefficient (Wildman–Crippen LogP) is 1.39. The van der Waals surface area contributed by atoms with Gasteiger partial charge in [0.25, 0.3) is 0 Å². The fourth-order valence-corrected chi connectivity index (χ4v) is 1.97. The third kappa shape index (κ3) is 3.66. The molecule has 1 heterocycles. The standard InChI is InChI=1S/C11H22N2O/c1-3-11(14)13(2)9-5-7-10-6-4-8-12-10/h10,12H,3-9H2,1-2H3. The van der Waals surface area contributed by atoms with Gasteiger partial charge < -0.3 is 10.2 Å². The Bertz CT molecular complexity index is 176. The average Bonchev–Trinajstić information content (AvgIpc) is 2.69. The number of nitrogens with one attached hydrogen (secondary N) is 1. The molecule has 1 saturated heterocycles. The minimum absolute atomic E-state index is 0.254. The summed E-state index contributed by atoms with van der Waals surface area (Å²) in [7, 11) is 1.90. The maximum absolute atomic E-state index is 11.2. The second-order valence-corrected chi connectivity index (χ2v) is 4.10. The van der Waals surface area contributed by atoms with Crippen LogP contribution in [0.4, 0.5) is 0 Å². The van der Waals surface area contributed by atoms with Crippen LogP contribution in [-0.2, 0) is 4.79 Å². The van der Waals surface area contributed by atoms with Crippen LogP contribution in [0.1, 0.15) is 39.0 Å². The summed E-state index contributed by atoms with van der Waals surface area (Å²) in [5, 5.41) is 3.47. The molecule has 0 saturated carbocycles. The van der Waals surface area contributed by atoms with Crippen LogP contribution in [0.15, 0.2) is 0 Å². The molecule has 1 N–H and O–H groups in total. The highest BCUT2D eigenvalue weighted by atomic mass is 16.2. The van der Waals surface area contributed by atoms with E-state index in [2.05, 4.69) is 5.32 Å². The zero-order chi connectivity index (χ0) is 10.4. The molecule has 82 valence electrons. The molecule has 1 rings (SSSR count). The molecule has 1 unspecified atom stereocenters. The van der Waals surface area contributed by atoms with Crippen molar-refractivity contribution in [2.75, 3.05) is 20.1 Å². The molecule has 0 bridgehead atoms. The largest absolute Gasteiger partial charge is 0.346 e. The highest BCUT2D eigenvalue weighted by molar-refractivity contribution is 5.75. The predicted molar refractivity (Wildman–Crippen MR) is 58.2 cm³/mol. The van der Waals surface area contributed by atoms with Crippen molar-refractivity contribution in [3.63, 3.8) is 0 Å². The number of hydrogen-bond donors (Lipinski definition) is 1. The van der Waals surface area contributed by atoms with Gasteiger partial charge in [-0.1, -0.05) is 6.92 Å². The van der Waals surface area contributed by atoms with Gasteiger partial charge in [0.1, 0.15) is 0 Å². The van der Waals surface area contributed by atoms with Gasteiger partial charge >= 0.3 is 0 Å². The van der Waals surface area contributed by atoms with Crippen molar-refractivity contribution in [1.82, 2.24) is 10.2 Å². The Morgan fingerprint density at radius 2 is 2.36 bits per heavy atom. The third-order valence-corrected chi connectivity index (χ3v) is 2.94. The van der Waals surface area contributed by atoms with Crippen LogP contribution in [0, 0.1) is 0 Å². The lowest BCUT2D eigenvalue weighted by Gasteiger charge is -2.17. The lowest BCUT2D eigenvalue weighted by Crippen LogP contribution is -2.28. The Hall–Kier alpha value is -0.570. The topological polar surface area (TPSA) is 32.3 Å². The highest BCUT2D eigenvalue weighted by Gasteiger charge is 2.13. The van der Waals surface area contributed by atoms with E-state index in [-0.39, 0.29) is 5.91 Å². The van der Waals surface area contributed by atoms with Crippen LogP contribution in [0.3, 0.4) is 0 Å². The molecule has 0 spiro atoms. The van der Waals surface area contributed by atoms with E-state index >= 15 is 0 Å². The molecule has 3 nitrogen and oxygen atoms in total. The second-order valence-electron chi connectivity index (χ2n) is 4.10. The van der Waals surface area contributed by atoms with Crippen molar-refractivity contribution >= 4 is 5.91 Å². The summed E-state index contributed by atoms with van der Waals surface area (Å²) in [6, 6.07) is 0.708. The molecule has 0 aromatic rings. The summed E-state index contributed by atoms with van der Waals surface area (Å²) in [4.78, 5) is 13.1. The van der Waals surface area contributed by atoms with Crippen molar-refractivity contribution in [2.45, 2.75) is 45.1 Å². The minimum atomic E-state index is 0.254. The van der Waals surface area contributed by atoms with Gasteiger partial charge in [0.2, 0.25) is 5.91 Å². The Labute approximate surface area is 86.9 Å². The van der Waals surface area contributed by atoms with Gasteiger partial charge in [-0.05, 0) is 32.2 Å². The van der Waals surface area contributed by atoms with Gasteiger partial charge in [-0.15, -0.1) is 0 Å². The second kappa shape index (κ2) is 6.02. The van der Waals surface area contributed by atoms with Crippen LogP contribution in [0.2, 0.25) is 0 Å². The Kier molecular flexibility index (Phi) is 4.94. The summed E-state index contributed by atoms with van der Waals surface area (Å²) in [6.07, 6.45) is 5.58. The smallest absolute Gasteiger partial charge is 0.222 e. The van der Waals surface area contributed by atoms with Crippen LogP contribution in [0.25, 0.3) is 0 Å². The summed E-state index contributed by atoms with van der Waals surface area (Å²) in [6.45, 7) is 4.00. The molecule has 1 fully saturated rings. The van der Waals surface area contributed by atoms with E-state index in [1.165, 1.54) is 25.8 Å². The van der Waals surface area contributed by atoms with E-state index in [0.29, 0.717) is 12.5 Å². The molecule has 1 atom stereocenters. The average molecular weight is 198 g/mol. The first kappa shape index (κ1) is 11.5. The monoisotopic (exact) mass is 198 g/mol. The number of nitrogens with zero attached hydrogens (tertiary/aromatic N) is 1. The van der Waals surface area contributed by atoms with Crippen LogP contribution < -0.4 is 5.32 Å². The van der Waals surface area contributed by atoms with Crippen molar-refractivity contribution in [3.05, 3.63) is 0 Å². The number of rotatable bonds is 5. The summed E-state index contributed by atoms with van der Waals surface area (Å²) >= 11 is 0. The SMILES string of the molecule is CCC(=O)N(C)CCCC1CCCN1. The van der Waals surface area contributed by atoms with E-state index in [0.717, 1.165) is 13.0 Å². The Balaban J connectivity index is 2.05. The van der Waals surface area contributed by atoms with Crippen molar-refractivity contribution in [1.29, 1.82) is 0 Å². The molecular formula is C11H22N2O. The zero-order valence-corrected chi connectivity index (χ0v) is 9.38. The molecule has 0 radical (unpaired) electrons. The molecule has 1 aliphatic rings. The lowest BCUT2D eigenvalue weighted by molar-refractivity contribution is -0.129. The van der Waals surface area contributed by atoms with Crippen molar-refractivity contribution in [3.8, 4) is 0 Å². The number of carbonyl (C=O) groups is 1. The molecule has 0 aliphatic carbocycles. The Morgan fingerprint density at radius 3 is 2.93 bits per heavy atom. The van der Waals surface area contributed by atoms with Crippen LogP contribution >= 0.6 is 0 Å². The maximum atomic E-state index is 11.2. The lowest BCUT2D eigenvalue weighted by atomic mass is 10.1. The van der Waals surface area contributed by atoms with E-state index in [1.807, 2.05) is 18.9 Å². The molecule has 14 heavy (non-hydrogen) atoms. The van der Waals surface area contributed by atoms with E-state index in [4.69, 9.17) is 0 Å². The highest BCUT2D eigenvalue weighted by Crippen LogP contribution is 2.10. The van der Waals surface area contributed by atoms with Gasteiger partial charge in [-0.3, -0.25) is 4.79 Å². The normalized spacial score (nSPS) is 21.1. The number of carbonyl (C=O) groups excluding carboxylic acids is 1. The summed E-state index contributed by atoms with van der Waals surface area (Å²) in [5.74, 6) is 0.254. The fourth-order valence-electron chi connectivity index (χ4n) is 1.97. The molecule has 1 amide bonds. The van der Waals surface area contributed by atoms with Crippen LogP contribution in [-0.4, -0.2) is 37.0 Å². The van der Waals surface area contributed by atoms with Crippen molar-refractivity contribution in [2.24, 2.45) is 0 Å². The first-order valence-electron chi connectivity index (χ1n) is 5.71. The van der Waals surface area contributed by atoms with Crippen molar-refractivity contribution < 1.29 is 4.79 Å². The van der Waals surface area contributed by atoms with Gasteiger partial charge in [0.15, 0.2) is 0 Å². The van der Waals surface area contributed by atoms with E-state index in [9.17, 15) is 4.79 Å². The van der Waals surface area contributed by atoms with Gasteiger partial charge in [-0.2, -0.15) is 0 Å². The molecular weight excluding hydrogens is 176 g/mol. The van der Waals surface area contributed by atoms with Crippen LogP contribution in [0.5, 0.6) is 0 Å². The number of hydrogen-bond acceptors (Lipinski definition) is 2. The first-order chi connectivity index (χ1) is 6.74. The third-order valence-electron chi connectivity index (χ3n) is 2.94. The molecule has 0 aromatic carbocycles. The van der Waals surface area contributed by atoms with Gasteiger partial charge in [0, 0.05) is 26.1 Å². The zero-order valence-electron chi connectivity index (χ0n) is 9.38. The van der Waals surface area contributed by atoms with Gasteiger partial charge in [0.05, 0.1) is 0 Å². The summed E-state index contributed by atoms with van der Waals surface area (Å²) < 4.78 is 0. The minimum Gasteiger partial charge on any atom is -0.346 e. The van der Waals surface area contributed by atoms with E-state index < -0.39 is 0 Å².